The van der Waals surface area contributed by atoms with Gasteiger partial charge in [0.2, 0.25) is 0 Å². The lowest BCUT2D eigenvalue weighted by Gasteiger charge is -2.07. The topological polar surface area (TPSA) is 26.3 Å². The second-order valence-corrected chi connectivity index (χ2v) is 4.92. The van der Waals surface area contributed by atoms with Gasteiger partial charge < -0.3 is 4.74 Å². The van der Waals surface area contributed by atoms with Crippen molar-refractivity contribution in [1.29, 1.82) is 0 Å². The molecule has 5 heteroatoms. The number of carbonyl (C=O) groups excluding carboxylic acids is 1. The van der Waals surface area contributed by atoms with E-state index in [0.717, 1.165) is 12.8 Å². The number of ketones is 1. The first-order chi connectivity index (χ1) is 10.0. The van der Waals surface area contributed by atoms with Gasteiger partial charge in [-0.05, 0) is 37.1 Å². The molecule has 0 bridgehead atoms. The quantitative estimate of drug-likeness (QED) is 0.799. The zero-order valence-corrected chi connectivity index (χ0v) is 10.9. The molecule has 0 N–H and O–H groups in total. The third kappa shape index (κ3) is 2.91. The van der Waals surface area contributed by atoms with Gasteiger partial charge >= 0.3 is 0 Å². The van der Waals surface area contributed by atoms with Gasteiger partial charge in [0.25, 0.3) is 0 Å². The van der Waals surface area contributed by atoms with Gasteiger partial charge in [0.1, 0.15) is 23.2 Å². The van der Waals surface area contributed by atoms with Crippen LogP contribution in [0.25, 0.3) is 0 Å². The summed E-state index contributed by atoms with van der Waals surface area (Å²) in [5.41, 5.74) is -0.644. The monoisotopic (exact) mass is 292 g/mol. The third-order valence-corrected chi connectivity index (χ3v) is 3.18. The fourth-order valence-corrected chi connectivity index (χ4v) is 1.97. The lowest BCUT2D eigenvalue weighted by atomic mass is 10.0. The maximum atomic E-state index is 13.6. The lowest BCUT2D eigenvalue weighted by molar-refractivity contribution is 0.103. The van der Waals surface area contributed by atoms with Crippen molar-refractivity contribution in [2.45, 2.75) is 18.9 Å². The normalized spacial score (nSPS) is 14.0. The third-order valence-electron chi connectivity index (χ3n) is 3.18. The average Bonchev–Trinajstić information content (AvgIpc) is 3.22. The van der Waals surface area contributed by atoms with Gasteiger partial charge in [-0.15, -0.1) is 0 Å². The van der Waals surface area contributed by atoms with Gasteiger partial charge in [-0.25, -0.2) is 13.2 Å². The summed E-state index contributed by atoms with van der Waals surface area (Å²) in [6.07, 6.45) is 2.23. The molecule has 1 aliphatic rings. The van der Waals surface area contributed by atoms with Gasteiger partial charge in [-0.1, -0.05) is 0 Å². The number of benzene rings is 2. The highest BCUT2D eigenvalue weighted by molar-refractivity contribution is 6.09. The predicted octanol–water partition coefficient (Wildman–Crippen LogP) is 3.88. The van der Waals surface area contributed by atoms with E-state index >= 15 is 0 Å². The summed E-state index contributed by atoms with van der Waals surface area (Å²) in [6.45, 7) is 0. The summed E-state index contributed by atoms with van der Waals surface area (Å²) in [5, 5.41) is 0. The molecule has 2 nitrogen and oxygen atoms in total. The summed E-state index contributed by atoms with van der Waals surface area (Å²) < 4.78 is 45.5. The Labute approximate surface area is 119 Å². The van der Waals surface area contributed by atoms with Gasteiger partial charge in [-0.3, -0.25) is 4.79 Å². The van der Waals surface area contributed by atoms with E-state index in [1.54, 1.807) is 12.1 Å². The Hall–Kier alpha value is -2.30. The fourth-order valence-electron chi connectivity index (χ4n) is 1.97. The molecule has 0 aromatic heterocycles. The highest BCUT2D eigenvalue weighted by Gasteiger charge is 2.24. The van der Waals surface area contributed by atoms with Crippen molar-refractivity contribution >= 4 is 5.78 Å². The minimum atomic E-state index is -1.21. The minimum Gasteiger partial charge on any atom is -0.490 e. The average molecular weight is 292 g/mol. The first-order valence-electron chi connectivity index (χ1n) is 6.50. The molecule has 108 valence electrons. The number of ether oxygens (including phenoxy) is 1. The first-order valence-corrected chi connectivity index (χ1v) is 6.50. The second-order valence-electron chi connectivity index (χ2n) is 4.92. The molecule has 0 saturated heterocycles. The summed E-state index contributed by atoms with van der Waals surface area (Å²) >= 11 is 0. The molecule has 2 aromatic carbocycles. The Morgan fingerprint density at radius 3 is 2.10 bits per heavy atom. The van der Waals surface area contributed by atoms with E-state index < -0.39 is 28.8 Å². The maximum Gasteiger partial charge on any atom is 0.198 e. The molecule has 1 fully saturated rings. The molecule has 1 aliphatic carbocycles. The smallest absolute Gasteiger partial charge is 0.198 e. The minimum absolute atomic E-state index is 0.113. The number of hydrogen-bond donors (Lipinski definition) is 0. The van der Waals surface area contributed by atoms with Crippen LogP contribution in [0.15, 0.2) is 36.4 Å². The van der Waals surface area contributed by atoms with Crippen molar-refractivity contribution < 1.29 is 22.7 Å². The molecular weight excluding hydrogens is 281 g/mol. The zero-order valence-electron chi connectivity index (χ0n) is 10.9. The summed E-state index contributed by atoms with van der Waals surface area (Å²) in [6, 6.07) is 6.99. The van der Waals surface area contributed by atoms with E-state index in [0.29, 0.717) is 17.9 Å². The lowest BCUT2D eigenvalue weighted by Crippen LogP contribution is -2.08. The molecule has 0 spiro atoms. The molecule has 0 atom stereocenters. The van der Waals surface area contributed by atoms with Crippen LogP contribution in [-0.4, -0.2) is 11.9 Å². The molecule has 1 saturated carbocycles. The Kier molecular flexibility index (Phi) is 3.41. The van der Waals surface area contributed by atoms with Crippen LogP contribution >= 0.6 is 0 Å². The molecule has 21 heavy (non-hydrogen) atoms. The van der Waals surface area contributed by atoms with Crippen LogP contribution in [0.1, 0.15) is 28.8 Å². The molecule has 2 aromatic rings. The van der Waals surface area contributed by atoms with E-state index in [-0.39, 0.29) is 11.7 Å². The maximum absolute atomic E-state index is 13.6. The van der Waals surface area contributed by atoms with Crippen LogP contribution < -0.4 is 4.74 Å². The van der Waals surface area contributed by atoms with Gasteiger partial charge in [0, 0.05) is 17.7 Å². The van der Waals surface area contributed by atoms with Crippen molar-refractivity contribution in [1.82, 2.24) is 0 Å². The highest BCUT2D eigenvalue weighted by Crippen LogP contribution is 2.27. The van der Waals surface area contributed by atoms with Gasteiger partial charge in [-0.2, -0.15) is 0 Å². The molecule has 0 amide bonds. The molecule has 0 radical (unpaired) electrons. The van der Waals surface area contributed by atoms with E-state index in [9.17, 15) is 18.0 Å². The van der Waals surface area contributed by atoms with Crippen LogP contribution in [0.5, 0.6) is 5.75 Å². The van der Waals surface area contributed by atoms with Crippen molar-refractivity contribution in [2.75, 3.05) is 0 Å². The SMILES string of the molecule is O=C(c1ccc(OC2CC2)cc1)c1c(F)cc(F)cc1F. The Morgan fingerprint density at radius 1 is 1.00 bits per heavy atom. The summed E-state index contributed by atoms with van der Waals surface area (Å²) in [4.78, 5) is 12.1. The Balaban J connectivity index is 1.87. The zero-order chi connectivity index (χ0) is 15.0. The van der Waals surface area contributed by atoms with Crippen LogP contribution in [-0.2, 0) is 0 Å². The van der Waals surface area contributed by atoms with Crippen molar-refractivity contribution in [3.63, 3.8) is 0 Å². The highest BCUT2D eigenvalue weighted by atomic mass is 19.1. The molecule has 0 aliphatic heterocycles. The molecule has 3 rings (SSSR count). The predicted molar refractivity (Wildman–Crippen MR) is 69.8 cm³/mol. The standard InChI is InChI=1S/C16H11F3O2/c17-10-7-13(18)15(14(19)8-10)16(20)9-1-3-11(4-2-9)21-12-5-6-12/h1-4,7-8,12H,5-6H2. The van der Waals surface area contributed by atoms with E-state index in [1.807, 2.05) is 0 Å². The van der Waals surface area contributed by atoms with Crippen LogP contribution in [0.4, 0.5) is 13.2 Å². The molecule has 0 heterocycles. The second kappa shape index (κ2) is 5.24. The summed E-state index contributed by atoms with van der Waals surface area (Å²) in [7, 11) is 0. The van der Waals surface area contributed by atoms with Crippen LogP contribution in [0.2, 0.25) is 0 Å². The van der Waals surface area contributed by atoms with Crippen molar-refractivity contribution in [3.05, 3.63) is 65.0 Å². The number of carbonyl (C=O) groups is 1. The van der Waals surface area contributed by atoms with Crippen LogP contribution in [0.3, 0.4) is 0 Å². The first kappa shape index (κ1) is 13.7. The Bertz CT molecular complexity index is 668. The van der Waals surface area contributed by atoms with E-state index in [2.05, 4.69) is 0 Å². The largest absolute Gasteiger partial charge is 0.490 e. The van der Waals surface area contributed by atoms with Crippen LogP contribution in [0, 0.1) is 17.5 Å². The number of rotatable bonds is 4. The molecular formula is C16H11F3O2. The molecule has 0 unspecified atom stereocenters. The van der Waals surface area contributed by atoms with E-state index in [1.165, 1.54) is 12.1 Å². The Morgan fingerprint density at radius 2 is 1.57 bits per heavy atom. The van der Waals surface area contributed by atoms with E-state index in [4.69, 9.17) is 4.74 Å². The fraction of sp³-hybridized carbons (Fsp3) is 0.188. The van der Waals surface area contributed by atoms with Gasteiger partial charge in [0.05, 0.1) is 11.7 Å². The van der Waals surface area contributed by atoms with Crippen molar-refractivity contribution in [3.8, 4) is 5.75 Å². The summed E-state index contributed by atoms with van der Waals surface area (Å²) in [5.74, 6) is -3.71. The van der Waals surface area contributed by atoms with Crippen molar-refractivity contribution in [2.24, 2.45) is 0 Å². The number of halogens is 3. The van der Waals surface area contributed by atoms with Gasteiger partial charge in [0.15, 0.2) is 5.78 Å². The number of hydrogen-bond acceptors (Lipinski definition) is 2.